The molecule has 1 fully saturated rings. The van der Waals surface area contributed by atoms with Crippen LogP contribution in [0.3, 0.4) is 0 Å². The second-order valence-corrected chi connectivity index (χ2v) is 4.48. The van der Waals surface area contributed by atoms with Gasteiger partial charge in [0.2, 0.25) is 0 Å². The maximum absolute atomic E-state index is 5.22. The van der Waals surface area contributed by atoms with Crippen molar-refractivity contribution in [1.82, 2.24) is 0 Å². The molecule has 1 aromatic carbocycles. The number of terminal acetylenes is 1. The standard InChI is InChI=1S/C15H20N2/c1-2-3-11-16-14-7-9-15(10-8-14)17-12-5-4-6-13-17/h1,7-10,16H,3-6,11-13H2. The average Bonchev–Trinajstić information content (AvgIpc) is 2.41. The van der Waals surface area contributed by atoms with Crippen molar-refractivity contribution in [3.63, 3.8) is 0 Å². The molecule has 0 bridgehead atoms. The third kappa shape index (κ3) is 3.42. The molecule has 1 heterocycles. The quantitative estimate of drug-likeness (QED) is 0.629. The van der Waals surface area contributed by atoms with Crippen LogP contribution in [0, 0.1) is 12.3 Å². The SMILES string of the molecule is C#CCCNc1ccc(N2CCCCC2)cc1. The van der Waals surface area contributed by atoms with Crippen molar-refractivity contribution >= 4 is 11.4 Å². The molecule has 1 aliphatic heterocycles. The largest absolute Gasteiger partial charge is 0.384 e. The molecule has 2 heteroatoms. The third-order valence-electron chi connectivity index (χ3n) is 3.19. The number of benzene rings is 1. The van der Waals surface area contributed by atoms with Crippen LogP contribution in [-0.2, 0) is 0 Å². The van der Waals surface area contributed by atoms with Crippen LogP contribution in [0.2, 0.25) is 0 Å². The third-order valence-corrected chi connectivity index (χ3v) is 3.19. The summed E-state index contributed by atoms with van der Waals surface area (Å²) < 4.78 is 0. The van der Waals surface area contributed by atoms with Crippen LogP contribution in [-0.4, -0.2) is 19.6 Å². The lowest BCUT2D eigenvalue weighted by molar-refractivity contribution is 0.578. The molecule has 2 nitrogen and oxygen atoms in total. The zero-order chi connectivity index (χ0) is 11.9. The molecule has 0 atom stereocenters. The Morgan fingerprint density at radius 2 is 1.82 bits per heavy atom. The normalized spacial score (nSPS) is 15.4. The van der Waals surface area contributed by atoms with Gasteiger partial charge in [-0.25, -0.2) is 0 Å². The summed E-state index contributed by atoms with van der Waals surface area (Å²) in [5, 5.41) is 3.31. The van der Waals surface area contributed by atoms with Gasteiger partial charge in [-0.15, -0.1) is 12.3 Å². The lowest BCUT2D eigenvalue weighted by Crippen LogP contribution is -2.29. The highest BCUT2D eigenvalue weighted by Crippen LogP contribution is 2.21. The van der Waals surface area contributed by atoms with Crippen molar-refractivity contribution in [2.24, 2.45) is 0 Å². The molecule has 0 radical (unpaired) electrons. The van der Waals surface area contributed by atoms with Gasteiger partial charge in [0.05, 0.1) is 0 Å². The van der Waals surface area contributed by atoms with Crippen LogP contribution in [0.4, 0.5) is 11.4 Å². The second-order valence-electron chi connectivity index (χ2n) is 4.48. The molecule has 90 valence electrons. The fourth-order valence-corrected chi connectivity index (χ4v) is 2.22. The molecule has 0 saturated carbocycles. The van der Waals surface area contributed by atoms with E-state index >= 15 is 0 Å². The average molecular weight is 228 g/mol. The number of anilines is 2. The van der Waals surface area contributed by atoms with Gasteiger partial charge in [0.15, 0.2) is 0 Å². The minimum Gasteiger partial charge on any atom is -0.384 e. The van der Waals surface area contributed by atoms with Gasteiger partial charge in [-0.3, -0.25) is 0 Å². The molecule has 1 N–H and O–H groups in total. The Morgan fingerprint density at radius 1 is 1.12 bits per heavy atom. The monoisotopic (exact) mass is 228 g/mol. The minimum atomic E-state index is 0.772. The molecule has 0 amide bonds. The smallest absolute Gasteiger partial charge is 0.0367 e. The summed E-state index contributed by atoms with van der Waals surface area (Å²) in [6, 6.07) is 8.67. The van der Waals surface area contributed by atoms with Gasteiger partial charge >= 0.3 is 0 Å². The molecule has 1 saturated heterocycles. The van der Waals surface area contributed by atoms with Crippen LogP contribution < -0.4 is 10.2 Å². The van der Waals surface area contributed by atoms with Crippen LogP contribution in [0.25, 0.3) is 0 Å². The first-order valence-electron chi connectivity index (χ1n) is 6.42. The molecule has 2 rings (SSSR count). The molecular weight excluding hydrogens is 208 g/mol. The molecular formula is C15H20N2. The number of nitrogens with zero attached hydrogens (tertiary/aromatic N) is 1. The Bertz CT molecular complexity index is 369. The number of rotatable bonds is 4. The van der Waals surface area contributed by atoms with Gasteiger partial charge in [-0.05, 0) is 43.5 Å². The van der Waals surface area contributed by atoms with Gasteiger partial charge < -0.3 is 10.2 Å². The summed E-state index contributed by atoms with van der Waals surface area (Å²) in [5.74, 6) is 2.63. The number of piperidine rings is 1. The van der Waals surface area contributed by atoms with Crippen molar-refractivity contribution in [2.45, 2.75) is 25.7 Å². The summed E-state index contributed by atoms with van der Waals surface area (Å²) in [4.78, 5) is 2.47. The minimum absolute atomic E-state index is 0.772. The van der Waals surface area contributed by atoms with E-state index in [-0.39, 0.29) is 0 Å². The van der Waals surface area contributed by atoms with E-state index in [1.165, 1.54) is 38.0 Å². The van der Waals surface area contributed by atoms with Crippen molar-refractivity contribution < 1.29 is 0 Å². The first kappa shape index (κ1) is 11.9. The fraction of sp³-hybridized carbons (Fsp3) is 0.467. The van der Waals surface area contributed by atoms with Crippen molar-refractivity contribution in [2.75, 3.05) is 29.9 Å². The first-order valence-corrected chi connectivity index (χ1v) is 6.42. The molecule has 0 unspecified atom stereocenters. The first-order chi connectivity index (χ1) is 8.40. The van der Waals surface area contributed by atoms with E-state index in [1.54, 1.807) is 0 Å². The van der Waals surface area contributed by atoms with Crippen molar-refractivity contribution in [1.29, 1.82) is 0 Å². The number of hydrogen-bond acceptors (Lipinski definition) is 2. The lowest BCUT2D eigenvalue weighted by Gasteiger charge is -2.28. The van der Waals surface area contributed by atoms with E-state index in [0.29, 0.717) is 0 Å². The van der Waals surface area contributed by atoms with E-state index in [9.17, 15) is 0 Å². The Labute approximate surface area is 104 Å². The highest BCUT2D eigenvalue weighted by Gasteiger charge is 2.10. The van der Waals surface area contributed by atoms with Crippen LogP contribution >= 0.6 is 0 Å². The summed E-state index contributed by atoms with van der Waals surface area (Å²) >= 11 is 0. The van der Waals surface area contributed by atoms with E-state index in [4.69, 9.17) is 6.42 Å². The second kappa shape index (κ2) is 6.20. The Kier molecular flexibility index (Phi) is 4.32. The van der Waals surface area contributed by atoms with E-state index in [2.05, 4.69) is 40.4 Å². The zero-order valence-corrected chi connectivity index (χ0v) is 10.3. The Hall–Kier alpha value is -1.62. The Balaban J connectivity index is 1.90. The van der Waals surface area contributed by atoms with Crippen LogP contribution in [0.1, 0.15) is 25.7 Å². The van der Waals surface area contributed by atoms with E-state index < -0.39 is 0 Å². The molecule has 0 aliphatic carbocycles. The number of hydrogen-bond donors (Lipinski definition) is 1. The zero-order valence-electron chi connectivity index (χ0n) is 10.3. The van der Waals surface area contributed by atoms with Gasteiger partial charge in [-0.2, -0.15) is 0 Å². The summed E-state index contributed by atoms with van der Waals surface area (Å²) in [6.07, 6.45) is 10.0. The molecule has 17 heavy (non-hydrogen) atoms. The van der Waals surface area contributed by atoms with Gasteiger partial charge in [-0.1, -0.05) is 0 Å². The lowest BCUT2D eigenvalue weighted by atomic mass is 10.1. The van der Waals surface area contributed by atoms with Gasteiger partial charge in [0, 0.05) is 37.4 Å². The maximum Gasteiger partial charge on any atom is 0.0367 e. The maximum atomic E-state index is 5.22. The van der Waals surface area contributed by atoms with E-state index in [0.717, 1.165) is 18.7 Å². The fourth-order valence-electron chi connectivity index (χ4n) is 2.22. The highest BCUT2D eigenvalue weighted by molar-refractivity contribution is 5.55. The molecule has 1 aliphatic rings. The van der Waals surface area contributed by atoms with Crippen molar-refractivity contribution in [3.05, 3.63) is 24.3 Å². The van der Waals surface area contributed by atoms with E-state index in [1.807, 2.05) is 0 Å². The Morgan fingerprint density at radius 3 is 2.47 bits per heavy atom. The van der Waals surface area contributed by atoms with Crippen LogP contribution in [0.15, 0.2) is 24.3 Å². The van der Waals surface area contributed by atoms with Crippen molar-refractivity contribution in [3.8, 4) is 12.3 Å². The highest BCUT2D eigenvalue weighted by atomic mass is 15.1. The summed E-state index contributed by atoms with van der Waals surface area (Å²) in [6.45, 7) is 3.24. The predicted octanol–water partition coefficient (Wildman–Crippen LogP) is 3.11. The topological polar surface area (TPSA) is 15.3 Å². The van der Waals surface area contributed by atoms with Gasteiger partial charge in [0.1, 0.15) is 0 Å². The van der Waals surface area contributed by atoms with Gasteiger partial charge in [0.25, 0.3) is 0 Å². The molecule has 0 aromatic heterocycles. The molecule has 0 spiro atoms. The predicted molar refractivity (Wildman–Crippen MR) is 74.4 cm³/mol. The summed E-state index contributed by atoms with van der Waals surface area (Å²) in [5.41, 5.74) is 2.49. The number of nitrogens with one attached hydrogen (secondary N) is 1. The molecule has 1 aromatic rings. The summed E-state index contributed by atoms with van der Waals surface area (Å²) in [7, 11) is 0. The van der Waals surface area contributed by atoms with Crippen LogP contribution in [0.5, 0.6) is 0 Å².